The number of methoxy groups -OCH3 is 3. The summed E-state index contributed by atoms with van der Waals surface area (Å²) in [6.45, 7) is 1.86. The lowest BCUT2D eigenvalue weighted by atomic mass is 10.1. The van der Waals surface area contributed by atoms with E-state index in [1.165, 1.54) is 0 Å². The Bertz CT molecular complexity index is 609. The summed E-state index contributed by atoms with van der Waals surface area (Å²) in [5.74, 6) is 2.48. The molecule has 1 aromatic carbocycles. The van der Waals surface area contributed by atoms with Crippen LogP contribution in [0, 0.1) is 6.92 Å². The van der Waals surface area contributed by atoms with Gasteiger partial charge in [0.05, 0.1) is 26.9 Å². The number of aryl methyl sites for hydroxylation is 1. The normalized spacial score (nSPS) is 10.2. The second-order valence-corrected chi connectivity index (χ2v) is 4.14. The molecule has 0 bridgehead atoms. The molecule has 6 nitrogen and oxygen atoms in total. The van der Waals surface area contributed by atoms with E-state index < -0.39 is 0 Å². The molecular formula is C14H17N3O3. The van der Waals surface area contributed by atoms with E-state index in [2.05, 4.69) is 9.97 Å². The van der Waals surface area contributed by atoms with Crippen LogP contribution in [-0.4, -0.2) is 31.3 Å². The number of aromatic nitrogens is 2. The number of benzene rings is 1. The third kappa shape index (κ3) is 2.45. The van der Waals surface area contributed by atoms with Gasteiger partial charge in [0, 0.05) is 11.8 Å². The van der Waals surface area contributed by atoms with Crippen molar-refractivity contribution >= 4 is 5.82 Å². The molecule has 0 fully saturated rings. The van der Waals surface area contributed by atoms with E-state index in [9.17, 15) is 0 Å². The Morgan fingerprint density at radius 1 is 0.950 bits per heavy atom. The summed E-state index contributed by atoms with van der Waals surface area (Å²) >= 11 is 0. The Morgan fingerprint density at radius 3 is 2.20 bits per heavy atom. The summed E-state index contributed by atoms with van der Waals surface area (Å²) in [6.07, 6.45) is 0. The molecule has 0 aliphatic carbocycles. The van der Waals surface area contributed by atoms with E-state index in [-0.39, 0.29) is 0 Å². The van der Waals surface area contributed by atoms with Crippen molar-refractivity contribution in [2.24, 2.45) is 0 Å². The van der Waals surface area contributed by atoms with Gasteiger partial charge < -0.3 is 19.9 Å². The van der Waals surface area contributed by atoms with Gasteiger partial charge in [-0.05, 0) is 19.1 Å². The van der Waals surface area contributed by atoms with Crippen molar-refractivity contribution in [3.8, 4) is 28.6 Å². The number of nitrogen functional groups attached to an aromatic ring is 1. The van der Waals surface area contributed by atoms with Gasteiger partial charge in [0.15, 0.2) is 17.3 Å². The molecule has 0 saturated carbocycles. The zero-order chi connectivity index (χ0) is 14.7. The van der Waals surface area contributed by atoms with Gasteiger partial charge in [-0.1, -0.05) is 0 Å². The van der Waals surface area contributed by atoms with Gasteiger partial charge in [-0.25, -0.2) is 9.97 Å². The Hall–Kier alpha value is -2.50. The topological polar surface area (TPSA) is 79.5 Å². The highest BCUT2D eigenvalue weighted by Gasteiger charge is 2.19. The van der Waals surface area contributed by atoms with Crippen LogP contribution in [0.2, 0.25) is 0 Å². The standard InChI is InChI=1S/C14H17N3O3/c1-8-7-11(15)17-14(16-8)9-5-6-10(18-2)13(20-4)12(9)19-3/h5-7H,1-4H3,(H2,15,16,17). The molecule has 0 radical (unpaired) electrons. The Labute approximate surface area is 117 Å². The summed E-state index contributed by atoms with van der Waals surface area (Å²) in [5, 5.41) is 0. The lowest BCUT2D eigenvalue weighted by Gasteiger charge is -2.15. The molecule has 2 aromatic rings. The first kappa shape index (κ1) is 13.9. The molecule has 6 heteroatoms. The van der Waals surface area contributed by atoms with Crippen molar-refractivity contribution in [1.82, 2.24) is 9.97 Å². The maximum Gasteiger partial charge on any atom is 0.204 e. The van der Waals surface area contributed by atoms with Crippen LogP contribution in [-0.2, 0) is 0 Å². The molecule has 106 valence electrons. The molecule has 0 saturated heterocycles. The highest BCUT2D eigenvalue weighted by Crippen LogP contribution is 2.43. The second kappa shape index (κ2) is 5.64. The smallest absolute Gasteiger partial charge is 0.204 e. The maximum atomic E-state index is 5.77. The number of nitrogens with zero attached hydrogens (tertiary/aromatic N) is 2. The minimum absolute atomic E-state index is 0.407. The predicted molar refractivity (Wildman–Crippen MR) is 76.3 cm³/mol. The van der Waals surface area contributed by atoms with E-state index in [0.29, 0.717) is 34.5 Å². The molecular weight excluding hydrogens is 258 g/mol. The minimum Gasteiger partial charge on any atom is -0.493 e. The summed E-state index contributed by atoms with van der Waals surface area (Å²) < 4.78 is 16.0. The number of rotatable bonds is 4. The molecule has 0 spiro atoms. The second-order valence-electron chi connectivity index (χ2n) is 4.14. The fraction of sp³-hybridized carbons (Fsp3) is 0.286. The first-order valence-electron chi connectivity index (χ1n) is 6.01. The molecule has 0 unspecified atom stereocenters. The monoisotopic (exact) mass is 275 g/mol. The van der Waals surface area contributed by atoms with Crippen molar-refractivity contribution in [3.63, 3.8) is 0 Å². The van der Waals surface area contributed by atoms with Crippen LogP contribution in [0.15, 0.2) is 18.2 Å². The largest absolute Gasteiger partial charge is 0.493 e. The Morgan fingerprint density at radius 2 is 1.65 bits per heavy atom. The quantitative estimate of drug-likeness (QED) is 0.920. The summed E-state index contributed by atoms with van der Waals surface area (Å²) in [6, 6.07) is 5.30. The molecule has 0 aliphatic rings. The molecule has 0 atom stereocenters. The predicted octanol–water partition coefficient (Wildman–Crippen LogP) is 2.06. The van der Waals surface area contributed by atoms with Crippen LogP contribution in [0.3, 0.4) is 0 Å². The molecule has 0 amide bonds. The van der Waals surface area contributed by atoms with Crippen LogP contribution in [0.5, 0.6) is 17.2 Å². The van der Waals surface area contributed by atoms with Crippen molar-refractivity contribution in [2.75, 3.05) is 27.1 Å². The van der Waals surface area contributed by atoms with Crippen molar-refractivity contribution < 1.29 is 14.2 Å². The molecule has 1 heterocycles. The van der Waals surface area contributed by atoms with E-state index in [1.807, 2.05) is 13.0 Å². The van der Waals surface area contributed by atoms with E-state index in [0.717, 1.165) is 5.69 Å². The van der Waals surface area contributed by atoms with Gasteiger partial charge in [-0.2, -0.15) is 0 Å². The third-order valence-corrected chi connectivity index (χ3v) is 2.82. The number of anilines is 1. The van der Waals surface area contributed by atoms with Gasteiger partial charge in [0.2, 0.25) is 5.75 Å². The number of hydrogen-bond donors (Lipinski definition) is 1. The number of nitrogens with two attached hydrogens (primary N) is 1. The molecule has 0 aliphatic heterocycles. The van der Waals surface area contributed by atoms with Gasteiger partial charge in [0.25, 0.3) is 0 Å². The van der Waals surface area contributed by atoms with Crippen molar-refractivity contribution in [2.45, 2.75) is 6.92 Å². The zero-order valence-corrected chi connectivity index (χ0v) is 11.9. The van der Waals surface area contributed by atoms with Crippen LogP contribution in [0.4, 0.5) is 5.82 Å². The average Bonchev–Trinajstić information content (AvgIpc) is 2.44. The fourth-order valence-corrected chi connectivity index (χ4v) is 1.99. The van der Waals surface area contributed by atoms with Crippen molar-refractivity contribution in [3.05, 3.63) is 23.9 Å². The number of ether oxygens (including phenoxy) is 3. The zero-order valence-electron chi connectivity index (χ0n) is 11.9. The number of hydrogen-bond acceptors (Lipinski definition) is 6. The summed E-state index contributed by atoms with van der Waals surface area (Å²) in [7, 11) is 4.67. The Balaban J connectivity index is 2.67. The van der Waals surface area contributed by atoms with E-state index in [1.54, 1.807) is 33.5 Å². The van der Waals surface area contributed by atoms with E-state index >= 15 is 0 Å². The minimum atomic E-state index is 0.407. The molecule has 2 rings (SSSR count). The van der Waals surface area contributed by atoms with Gasteiger partial charge in [-0.15, -0.1) is 0 Å². The highest BCUT2D eigenvalue weighted by molar-refractivity contribution is 5.72. The third-order valence-electron chi connectivity index (χ3n) is 2.82. The average molecular weight is 275 g/mol. The first-order valence-corrected chi connectivity index (χ1v) is 6.01. The maximum absolute atomic E-state index is 5.77. The van der Waals surface area contributed by atoms with Crippen LogP contribution in [0.25, 0.3) is 11.4 Å². The van der Waals surface area contributed by atoms with E-state index in [4.69, 9.17) is 19.9 Å². The highest BCUT2D eigenvalue weighted by atomic mass is 16.5. The van der Waals surface area contributed by atoms with Gasteiger partial charge in [-0.3, -0.25) is 0 Å². The molecule has 2 N–H and O–H groups in total. The van der Waals surface area contributed by atoms with Crippen LogP contribution >= 0.6 is 0 Å². The fourth-order valence-electron chi connectivity index (χ4n) is 1.99. The van der Waals surface area contributed by atoms with Gasteiger partial charge >= 0.3 is 0 Å². The molecule has 1 aromatic heterocycles. The summed E-state index contributed by atoms with van der Waals surface area (Å²) in [5.41, 5.74) is 7.24. The Kier molecular flexibility index (Phi) is 3.93. The SMILES string of the molecule is COc1ccc(-c2nc(C)cc(N)n2)c(OC)c1OC. The summed E-state index contributed by atoms with van der Waals surface area (Å²) in [4.78, 5) is 8.61. The van der Waals surface area contributed by atoms with Crippen molar-refractivity contribution in [1.29, 1.82) is 0 Å². The van der Waals surface area contributed by atoms with Crippen LogP contribution in [0.1, 0.15) is 5.69 Å². The van der Waals surface area contributed by atoms with Crippen LogP contribution < -0.4 is 19.9 Å². The lowest BCUT2D eigenvalue weighted by Crippen LogP contribution is -2.01. The van der Waals surface area contributed by atoms with Gasteiger partial charge in [0.1, 0.15) is 5.82 Å². The first-order chi connectivity index (χ1) is 9.60. The molecule has 20 heavy (non-hydrogen) atoms. The lowest BCUT2D eigenvalue weighted by molar-refractivity contribution is 0.325.